The second-order valence-corrected chi connectivity index (χ2v) is 3.99. The van der Waals surface area contributed by atoms with Crippen LogP contribution in [0, 0.1) is 0 Å². The van der Waals surface area contributed by atoms with Crippen LogP contribution < -0.4 is 4.87 Å². The minimum Gasteiger partial charge on any atom is -0.462 e. The quantitative estimate of drug-likeness (QED) is 0.686. The smallest absolute Gasteiger partial charge is 0.459 e. The van der Waals surface area contributed by atoms with Crippen LogP contribution in [-0.4, -0.2) is 23.7 Å². The lowest BCUT2D eigenvalue weighted by Crippen LogP contribution is -2.35. The van der Waals surface area contributed by atoms with E-state index >= 15 is 0 Å². The van der Waals surface area contributed by atoms with Crippen molar-refractivity contribution in [3.05, 3.63) is 20.2 Å². The Kier molecular flexibility index (Phi) is 3.79. The highest BCUT2D eigenvalue weighted by molar-refractivity contribution is 7.11. The Morgan fingerprint density at radius 3 is 2.33 bits per heavy atom. The molecule has 0 atom stereocenters. The van der Waals surface area contributed by atoms with Gasteiger partial charge in [-0.15, -0.1) is 0 Å². The number of hydrogen-bond donors (Lipinski definition) is 1. The van der Waals surface area contributed by atoms with E-state index in [1.165, 1.54) is 11.9 Å². The third-order valence-corrected chi connectivity index (χ3v) is 2.64. The number of carbonyl (C=O) groups excluding carboxylic acids is 1. The summed E-state index contributed by atoms with van der Waals surface area (Å²) in [6.07, 6.45) is -5.92. The zero-order chi connectivity index (χ0) is 14.1. The van der Waals surface area contributed by atoms with Gasteiger partial charge in [-0.2, -0.15) is 22.0 Å². The first-order chi connectivity index (χ1) is 8.11. The van der Waals surface area contributed by atoms with E-state index in [1.807, 2.05) is 0 Å². The van der Waals surface area contributed by atoms with Crippen LogP contribution in [0.3, 0.4) is 0 Å². The molecular formula is C8H6F5NO3S. The van der Waals surface area contributed by atoms with Crippen molar-refractivity contribution in [3.63, 3.8) is 0 Å². The minimum absolute atomic E-state index is 0.0603. The number of esters is 1. The van der Waals surface area contributed by atoms with Crippen molar-refractivity contribution < 1.29 is 31.5 Å². The fraction of sp³-hybridized carbons (Fsp3) is 0.500. The summed E-state index contributed by atoms with van der Waals surface area (Å²) >= 11 is -0.0603. The molecule has 0 aliphatic rings. The highest BCUT2D eigenvalue weighted by Crippen LogP contribution is 2.44. The van der Waals surface area contributed by atoms with Gasteiger partial charge in [0.25, 0.3) is 0 Å². The second-order valence-electron chi connectivity index (χ2n) is 3.01. The lowest BCUT2D eigenvalue weighted by molar-refractivity contribution is -0.290. The third-order valence-electron chi connectivity index (χ3n) is 1.78. The van der Waals surface area contributed by atoms with Gasteiger partial charge in [0.2, 0.25) is 0 Å². The summed E-state index contributed by atoms with van der Waals surface area (Å²) in [7, 11) is 0. The molecule has 0 fully saturated rings. The maximum absolute atomic E-state index is 13.0. The van der Waals surface area contributed by atoms with Gasteiger partial charge in [0.05, 0.1) is 6.61 Å². The van der Waals surface area contributed by atoms with Gasteiger partial charge in [-0.3, -0.25) is 4.79 Å². The maximum atomic E-state index is 13.0. The van der Waals surface area contributed by atoms with Crippen molar-refractivity contribution >= 4 is 17.3 Å². The molecule has 1 N–H and O–H groups in total. The summed E-state index contributed by atoms with van der Waals surface area (Å²) in [6.45, 7) is 1.12. The van der Waals surface area contributed by atoms with Gasteiger partial charge in [0, 0.05) is 0 Å². The first-order valence-electron chi connectivity index (χ1n) is 4.46. The molecule has 10 heteroatoms. The van der Waals surface area contributed by atoms with Crippen LogP contribution in [0.5, 0.6) is 0 Å². The Hall–Kier alpha value is -1.45. The van der Waals surface area contributed by atoms with Crippen molar-refractivity contribution in [1.29, 1.82) is 0 Å². The molecule has 1 aromatic heterocycles. The van der Waals surface area contributed by atoms with Crippen molar-refractivity contribution in [3.8, 4) is 0 Å². The predicted octanol–water partition coefficient (Wildman–Crippen LogP) is 2.27. The van der Waals surface area contributed by atoms with Crippen LogP contribution in [0.4, 0.5) is 22.0 Å². The largest absolute Gasteiger partial charge is 0.462 e. The maximum Gasteiger partial charge on any atom is 0.459 e. The molecule has 102 valence electrons. The Morgan fingerprint density at radius 1 is 1.33 bits per heavy atom. The molecule has 0 saturated heterocycles. The number of alkyl halides is 5. The van der Waals surface area contributed by atoms with Crippen LogP contribution in [0.2, 0.25) is 0 Å². The molecule has 0 aliphatic heterocycles. The number of hydrogen-bond acceptors (Lipinski definition) is 4. The number of H-pyrrole nitrogens is 1. The number of carbonyl (C=O) groups is 1. The van der Waals surface area contributed by atoms with Gasteiger partial charge in [-0.1, -0.05) is 11.3 Å². The summed E-state index contributed by atoms with van der Waals surface area (Å²) in [5.74, 6) is -6.73. The Balaban J connectivity index is 3.34. The van der Waals surface area contributed by atoms with E-state index in [-0.39, 0.29) is 17.9 Å². The Bertz CT molecular complexity index is 504. The number of rotatable bonds is 3. The first-order valence-corrected chi connectivity index (χ1v) is 5.28. The molecule has 4 nitrogen and oxygen atoms in total. The van der Waals surface area contributed by atoms with Crippen LogP contribution in [0.25, 0.3) is 0 Å². The molecule has 1 rings (SSSR count). The highest BCUT2D eigenvalue weighted by atomic mass is 32.1. The molecule has 0 spiro atoms. The fourth-order valence-electron chi connectivity index (χ4n) is 1.03. The van der Waals surface area contributed by atoms with Gasteiger partial charge >= 0.3 is 22.9 Å². The molecule has 1 heterocycles. The number of thiazole rings is 1. The van der Waals surface area contributed by atoms with Gasteiger partial charge in [-0.25, -0.2) is 4.79 Å². The fourth-order valence-corrected chi connectivity index (χ4v) is 1.79. The molecular weight excluding hydrogens is 285 g/mol. The molecule has 0 radical (unpaired) electrons. The number of nitrogens with one attached hydrogen (secondary N) is 1. The minimum atomic E-state index is -5.92. The summed E-state index contributed by atoms with van der Waals surface area (Å²) in [6, 6.07) is 0. The zero-order valence-corrected chi connectivity index (χ0v) is 9.55. The average molecular weight is 291 g/mol. The number of ether oxygens (including phenoxy) is 1. The summed E-state index contributed by atoms with van der Waals surface area (Å²) in [5, 5.41) is 0. The molecule has 0 aromatic carbocycles. The Labute approximate surface area is 100 Å². The lowest BCUT2D eigenvalue weighted by atomic mass is 10.2. The highest BCUT2D eigenvalue weighted by Gasteiger charge is 2.61. The standard InChI is InChI=1S/C8H6F5NO3S/c1-2-17-5(15)3-4(14-6(16)18-3)7(9,10)8(11,12)13/h2H2,1H3,(H,14,16). The summed E-state index contributed by atoms with van der Waals surface area (Å²) < 4.78 is 66.8. The molecule has 1 aromatic rings. The lowest BCUT2D eigenvalue weighted by Gasteiger charge is -2.18. The van der Waals surface area contributed by atoms with Crippen molar-refractivity contribution in [1.82, 2.24) is 4.98 Å². The van der Waals surface area contributed by atoms with Crippen LogP contribution in [-0.2, 0) is 10.7 Å². The zero-order valence-electron chi connectivity index (χ0n) is 8.73. The topological polar surface area (TPSA) is 59.2 Å². The third kappa shape index (κ3) is 2.52. The Morgan fingerprint density at radius 2 is 1.89 bits per heavy atom. The van der Waals surface area contributed by atoms with Gasteiger partial charge in [0.1, 0.15) is 10.6 Å². The van der Waals surface area contributed by atoms with E-state index in [4.69, 9.17) is 0 Å². The molecule has 0 bridgehead atoms. The summed E-state index contributed by atoms with van der Waals surface area (Å²) in [4.78, 5) is 21.1. The van der Waals surface area contributed by atoms with Crippen molar-refractivity contribution in [2.24, 2.45) is 0 Å². The molecule has 0 saturated carbocycles. The summed E-state index contributed by atoms with van der Waals surface area (Å²) in [5.41, 5.74) is -1.79. The van der Waals surface area contributed by atoms with Crippen LogP contribution >= 0.6 is 11.3 Å². The van der Waals surface area contributed by atoms with Gasteiger partial charge in [-0.05, 0) is 6.92 Å². The molecule has 0 unspecified atom stereocenters. The number of halogens is 5. The van der Waals surface area contributed by atoms with Crippen LogP contribution in [0.1, 0.15) is 22.3 Å². The molecule has 0 aliphatic carbocycles. The van der Waals surface area contributed by atoms with E-state index in [9.17, 15) is 31.5 Å². The predicted molar refractivity (Wildman–Crippen MR) is 50.8 cm³/mol. The van der Waals surface area contributed by atoms with Crippen molar-refractivity contribution in [2.75, 3.05) is 6.61 Å². The SMILES string of the molecule is CCOC(=O)c1sc(=O)[nH]c1C(F)(F)C(F)(F)F. The van der Waals surface area contributed by atoms with Crippen LogP contribution in [0.15, 0.2) is 4.79 Å². The van der Waals surface area contributed by atoms with Crippen molar-refractivity contribution in [2.45, 2.75) is 19.0 Å². The number of aromatic nitrogens is 1. The van der Waals surface area contributed by atoms with E-state index in [0.717, 1.165) is 0 Å². The first kappa shape index (κ1) is 14.6. The van der Waals surface area contributed by atoms with Gasteiger partial charge < -0.3 is 9.72 Å². The van der Waals surface area contributed by atoms with E-state index in [2.05, 4.69) is 4.74 Å². The van der Waals surface area contributed by atoms with E-state index in [1.54, 1.807) is 0 Å². The second kappa shape index (κ2) is 4.67. The van der Waals surface area contributed by atoms with E-state index < -0.39 is 33.5 Å². The molecule has 0 amide bonds. The molecule has 18 heavy (non-hydrogen) atoms. The normalized spacial score (nSPS) is 12.6. The number of aromatic amines is 1. The average Bonchev–Trinajstić information content (AvgIpc) is 2.59. The van der Waals surface area contributed by atoms with E-state index in [0.29, 0.717) is 0 Å². The monoisotopic (exact) mass is 291 g/mol. The van der Waals surface area contributed by atoms with Gasteiger partial charge in [0.15, 0.2) is 0 Å².